The number of ether oxygens (including phenoxy) is 1. The Morgan fingerprint density at radius 1 is 1.11 bits per heavy atom. The lowest BCUT2D eigenvalue weighted by Gasteiger charge is -2.36. The molecular formula is C26H31N7O2. The van der Waals surface area contributed by atoms with Crippen LogP contribution < -0.4 is 4.90 Å². The van der Waals surface area contributed by atoms with E-state index in [-0.39, 0.29) is 12.4 Å². The van der Waals surface area contributed by atoms with Crippen LogP contribution in [0.4, 0.5) is 5.69 Å². The van der Waals surface area contributed by atoms with Crippen LogP contribution in [0.2, 0.25) is 0 Å². The van der Waals surface area contributed by atoms with Crippen molar-refractivity contribution >= 4 is 22.6 Å². The molecule has 1 aliphatic rings. The number of hydrogen-bond acceptors (Lipinski definition) is 7. The van der Waals surface area contributed by atoms with Gasteiger partial charge < -0.3 is 19.1 Å². The Morgan fingerprint density at radius 2 is 1.91 bits per heavy atom. The molecule has 1 aromatic carbocycles. The van der Waals surface area contributed by atoms with Gasteiger partial charge >= 0.3 is 5.97 Å². The average Bonchev–Trinajstić information content (AvgIpc) is 3.51. The van der Waals surface area contributed by atoms with E-state index in [0.29, 0.717) is 24.3 Å². The Labute approximate surface area is 204 Å². The molecule has 0 N–H and O–H groups in total. The summed E-state index contributed by atoms with van der Waals surface area (Å²) < 4.78 is 8.74. The van der Waals surface area contributed by atoms with Gasteiger partial charge in [0.25, 0.3) is 0 Å². The number of rotatable bonds is 7. The van der Waals surface area contributed by atoms with Gasteiger partial charge in [0.05, 0.1) is 37.1 Å². The van der Waals surface area contributed by atoms with Crippen LogP contribution in [0.15, 0.2) is 55.2 Å². The van der Waals surface area contributed by atoms with Crippen LogP contribution in [0.3, 0.4) is 0 Å². The van der Waals surface area contributed by atoms with E-state index >= 15 is 0 Å². The molecule has 1 saturated heterocycles. The molecule has 4 heterocycles. The van der Waals surface area contributed by atoms with Crippen molar-refractivity contribution in [2.24, 2.45) is 0 Å². The second-order valence-corrected chi connectivity index (χ2v) is 9.13. The maximum Gasteiger partial charge on any atom is 0.310 e. The molecule has 1 fully saturated rings. The van der Waals surface area contributed by atoms with Crippen molar-refractivity contribution in [1.82, 2.24) is 29.2 Å². The maximum absolute atomic E-state index is 11.8. The molecule has 1 aliphatic heterocycles. The monoisotopic (exact) mass is 473 g/mol. The van der Waals surface area contributed by atoms with Crippen LogP contribution in [0.25, 0.3) is 22.5 Å². The van der Waals surface area contributed by atoms with E-state index in [1.54, 1.807) is 19.3 Å². The van der Waals surface area contributed by atoms with Crippen molar-refractivity contribution in [2.75, 3.05) is 38.7 Å². The lowest BCUT2D eigenvalue weighted by Crippen LogP contribution is -2.41. The van der Waals surface area contributed by atoms with E-state index < -0.39 is 0 Å². The summed E-state index contributed by atoms with van der Waals surface area (Å²) in [5.74, 6) is 1.06. The van der Waals surface area contributed by atoms with Gasteiger partial charge in [-0.2, -0.15) is 5.10 Å². The second kappa shape index (κ2) is 9.87. The van der Waals surface area contributed by atoms with Crippen molar-refractivity contribution in [3.05, 3.63) is 60.8 Å². The topological polar surface area (TPSA) is 81.3 Å². The number of benzene rings is 1. The Kier molecular flexibility index (Phi) is 6.50. The third-order valence-corrected chi connectivity index (χ3v) is 6.61. The summed E-state index contributed by atoms with van der Waals surface area (Å²) in [7, 11) is 4.32. The van der Waals surface area contributed by atoms with Crippen LogP contribution in [0.5, 0.6) is 0 Å². The van der Waals surface area contributed by atoms with Gasteiger partial charge in [0.1, 0.15) is 0 Å². The highest BCUT2D eigenvalue weighted by Gasteiger charge is 2.21. The fourth-order valence-electron chi connectivity index (χ4n) is 4.67. The van der Waals surface area contributed by atoms with Gasteiger partial charge in [-0.15, -0.1) is 0 Å². The zero-order valence-corrected chi connectivity index (χ0v) is 20.5. The minimum atomic E-state index is -0.241. The third-order valence-electron chi connectivity index (χ3n) is 6.61. The molecule has 3 aromatic heterocycles. The van der Waals surface area contributed by atoms with E-state index in [9.17, 15) is 4.79 Å². The SMILES string of the molecule is CCOC(=O)Cc1ccn(-c2cncc(-n3ncc4ccc(N5CCC(N(C)C)CC5)cc43)n2)c1. The predicted octanol–water partition coefficient (Wildman–Crippen LogP) is 3.24. The Bertz CT molecular complexity index is 1320. The van der Waals surface area contributed by atoms with Crippen molar-refractivity contribution < 1.29 is 9.53 Å². The molecule has 0 atom stereocenters. The smallest absolute Gasteiger partial charge is 0.310 e. The molecule has 0 bridgehead atoms. The van der Waals surface area contributed by atoms with Gasteiger partial charge in [-0.1, -0.05) is 0 Å². The van der Waals surface area contributed by atoms with Gasteiger partial charge in [-0.3, -0.25) is 9.78 Å². The van der Waals surface area contributed by atoms with E-state index in [2.05, 4.69) is 52.2 Å². The fraction of sp³-hybridized carbons (Fsp3) is 0.385. The number of anilines is 1. The summed E-state index contributed by atoms with van der Waals surface area (Å²) in [4.78, 5) is 25.8. The predicted molar refractivity (Wildman–Crippen MR) is 135 cm³/mol. The van der Waals surface area contributed by atoms with Gasteiger partial charge in [-0.05, 0) is 63.7 Å². The minimum Gasteiger partial charge on any atom is -0.466 e. The number of carbonyl (C=O) groups is 1. The molecule has 0 unspecified atom stereocenters. The van der Waals surface area contributed by atoms with Crippen LogP contribution >= 0.6 is 0 Å². The summed E-state index contributed by atoms with van der Waals surface area (Å²) in [6.07, 6.45) is 11.6. The van der Waals surface area contributed by atoms with Crippen LogP contribution in [0.1, 0.15) is 25.3 Å². The number of fused-ring (bicyclic) bond motifs is 1. The number of hydrogen-bond donors (Lipinski definition) is 0. The first-order valence-electron chi connectivity index (χ1n) is 12.1. The first kappa shape index (κ1) is 23.0. The van der Waals surface area contributed by atoms with E-state index in [0.717, 1.165) is 42.4 Å². The zero-order valence-electron chi connectivity index (χ0n) is 20.5. The highest BCUT2D eigenvalue weighted by molar-refractivity contribution is 5.83. The molecule has 0 spiro atoms. The normalized spacial score (nSPS) is 14.7. The molecule has 4 aromatic rings. The first-order valence-corrected chi connectivity index (χ1v) is 12.1. The number of nitrogens with zero attached hydrogens (tertiary/aromatic N) is 7. The lowest BCUT2D eigenvalue weighted by atomic mass is 10.0. The molecule has 0 aliphatic carbocycles. The minimum absolute atomic E-state index is 0.228. The molecule has 182 valence electrons. The quantitative estimate of drug-likeness (QED) is 0.381. The van der Waals surface area contributed by atoms with Gasteiger partial charge in [0.2, 0.25) is 0 Å². The number of esters is 1. The Balaban J connectivity index is 1.39. The van der Waals surface area contributed by atoms with Gasteiger partial charge in [0, 0.05) is 42.6 Å². The van der Waals surface area contributed by atoms with Crippen LogP contribution in [-0.4, -0.2) is 75.0 Å². The molecule has 0 amide bonds. The molecule has 35 heavy (non-hydrogen) atoms. The highest BCUT2D eigenvalue weighted by Crippen LogP contribution is 2.27. The fourth-order valence-corrected chi connectivity index (χ4v) is 4.67. The molecule has 9 heteroatoms. The zero-order chi connectivity index (χ0) is 24.4. The largest absolute Gasteiger partial charge is 0.466 e. The lowest BCUT2D eigenvalue weighted by molar-refractivity contribution is -0.142. The summed E-state index contributed by atoms with van der Waals surface area (Å²) in [5.41, 5.74) is 3.07. The third kappa shape index (κ3) is 4.90. The van der Waals surface area contributed by atoms with E-state index in [4.69, 9.17) is 9.72 Å². The molecular weight excluding hydrogens is 442 g/mol. The summed E-state index contributed by atoms with van der Waals surface area (Å²) in [5, 5.41) is 5.66. The summed E-state index contributed by atoms with van der Waals surface area (Å²) in [6, 6.07) is 9.03. The Morgan fingerprint density at radius 3 is 2.69 bits per heavy atom. The van der Waals surface area contributed by atoms with Crippen LogP contribution in [-0.2, 0) is 16.0 Å². The number of aromatic nitrogens is 5. The number of carbonyl (C=O) groups excluding carboxylic acids is 1. The molecule has 5 rings (SSSR count). The average molecular weight is 474 g/mol. The van der Waals surface area contributed by atoms with Gasteiger partial charge in [-0.25, -0.2) is 9.67 Å². The van der Waals surface area contributed by atoms with Gasteiger partial charge in [0.15, 0.2) is 11.6 Å². The maximum atomic E-state index is 11.8. The summed E-state index contributed by atoms with van der Waals surface area (Å²) >= 11 is 0. The standard InChI is InChI=1S/C26H31N7O2/c1-4-35-26(34)13-19-7-10-32(18-19)24-16-27-17-25(29-24)33-23-14-22(6-5-20(23)15-28-33)31-11-8-21(9-12-31)30(2)3/h5-7,10,14-18,21H,4,8-9,11-13H2,1-3H3. The first-order chi connectivity index (χ1) is 17.0. The molecule has 0 saturated carbocycles. The summed E-state index contributed by atoms with van der Waals surface area (Å²) in [6.45, 7) is 4.26. The molecule has 9 nitrogen and oxygen atoms in total. The van der Waals surface area contributed by atoms with Crippen molar-refractivity contribution in [3.63, 3.8) is 0 Å². The number of piperidine rings is 1. The van der Waals surface area contributed by atoms with Crippen molar-refractivity contribution in [2.45, 2.75) is 32.2 Å². The van der Waals surface area contributed by atoms with E-state index in [1.807, 2.05) is 33.9 Å². The Hall–Kier alpha value is -3.72. The van der Waals surface area contributed by atoms with E-state index in [1.165, 1.54) is 5.69 Å². The van der Waals surface area contributed by atoms with Crippen molar-refractivity contribution in [1.29, 1.82) is 0 Å². The molecule has 0 radical (unpaired) electrons. The second-order valence-electron chi connectivity index (χ2n) is 9.13. The van der Waals surface area contributed by atoms with Crippen molar-refractivity contribution in [3.8, 4) is 11.6 Å². The van der Waals surface area contributed by atoms with Crippen LogP contribution in [0, 0.1) is 0 Å². The highest BCUT2D eigenvalue weighted by atomic mass is 16.5.